The zero-order chi connectivity index (χ0) is 13.5. The predicted molar refractivity (Wildman–Crippen MR) is 72.7 cm³/mol. The van der Waals surface area contributed by atoms with E-state index in [-0.39, 0.29) is 5.91 Å². The van der Waals surface area contributed by atoms with E-state index in [0.29, 0.717) is 19.4 Å². The van der Waals surface area contributed by atoms with Gasteiger partial charge in [-0.25, -0.2) is 4.98 Å². The number of aromatic nitrogens is 1. The minimum atomic E-state index is 0.0757. The van der Waals surface area contributed by atoms with E-state index in [0.717, 1.165) is 12.1 Å². The number of nitrogens with one attached hydrogen (secondary N) is 1. The van der Waals surface area contributed by atoms with E-state index in [1.165, 1.54) is 17.5 Å². The molecule has 1 amide bonds. The number of amides is 1. The highest BCUT2D eigenvalue weighted by Gasteiger charge is 2.04. The van der Waals surface area contributed by atoms with Crippen molar-refractivity contribution in [3.63, 3.8) is 0 Å². The van der Waals surface area contributed by atoms with Crippen molar-refractivity contribution in [2.75, 3.05) is 6.54 Å². The highest BCUT2D eigenvalue weighted by Crippen LogP contribution is 2.09. The lowest BCUT2D eigenvalue weighted by Crippen LogP contribution is -2.26. The molecule has 2 rings (SSSR count). The average molecular weight is 258 g/mol. The lowest BCUT2D eigenvalue weighted by Gasteiger charge is -2.06. The van der Waals surface area contributed by atoms with Crippen LogP contribution in [0.25, 0.3) is 0 Å². The van der Waals surface area contributed by atoms with E-state index in [9.17, 15) is 4.79 Å². The van der Waals surface area contributed by atoms with Crippen LogP contribution in [0.5, 0.6) is 0 Å². The largest absolute Gasteiger partial charge is 0.451 e. The fourth-order valence-corrected chi connectivity index (χ4v) is 1.92. The summed E-state index contributed by atoms with van der Waals surface area (Å²) in [6.07, 6.45) is 4.99. The van der Waals surface area contributed by atoms with Gasteiger partial charge < -0.3 is 9.73 Å². The lowest BCUT2D eigenvalue weighted by molar-refractivity contribution is -0.121. The quantitative estimate of drug-likeness (QED) is 0.864. The molecule has 0 radical (unpaired) electrons. The summed E-state index contributed by atoms with van der Waals surface area (Å²) >= 11 is 0. The number of hydrogen-bond donors (Lipinski definition) is 1. The number of carbonyl (C=O) groups excluding carboxylic acids is 1. The first-order valence-electron chi connectivity index (χ1n) is 6.44. The molecule has 2 aromatic rings. The van der Waals surface area contributed by atoms with Crippen molar-refractivity contribution in [1.29, 1.82) is 0 Å². The normalized spacial score (nSPS) is 10.4. The first kappa shape index (κ1) is 13.3. The molecule has 1 N–H and O–H groups in total. The van der Waals surface area contributed by atoms with E-state index in [1.54, 1.807) is 6.26 Å². The van der Waals surface area contributed by atoms with Crippen LogP contribution in [0, 0.1) is 6.92 Å². The van der Waals surface area contributed by atoms with Gasteiger partial charge in [-0.05, 0) is 24.5 Å². The van der Waals surface area contributed by atoms with Gasteiger partial charge in [0, 0.05) is 19.4 Å². The molecule has 1 aromatic carbocycles. The Morgan fingerprint density at radius 2 is 2.16 bits per heavy atom. The van der Waals surface area contributed by atoms with Gasteiger partial charge in [-0.3, -0.25) is 4.79 Å². The third kappa shape index (κ3) is 4.25. The highest BCUT2D eigenvalue weighted by molar-refractivity contribution is 5.76. The average Bonchev–Trinajstić information content (AvgIpc) is 2.91. The fourth-order valence-electron chi connectivity index (χ4n) is 1.92. The molecule has 0 aliphatic heterocycles. The fraction of sp³-hybridized carbons (Fsp3) is 0.333. The zero-order valence-electron chi connectivity index (χ0n) is 11.1. The molecule has 4 nitrogen and oxygen atoms in total. The minimum Gasteiger partial charge on any atom is -0.451 e. The Bertz CT molecular complexity index is 521. The second-order valence-corrected chi connectivity index (χ2v) is 4.51. The second kappa shape index (κ2) is 6.73. The van der Waals surface area contributed by atoms with Crippen LogP contribution >= 0.6 is 0 Å². The molecule has 19 heavy (non-hydrogen) atoms. The maximum atomic E-state index is 11.7. The van der Waals surface area contributed by atoms with Crippen LogP contribution < -0.4 is 5.32 Å². The summed E-state index contributed by atoms with van der Waals surface area (Å²) in [5, 5.41) is 2.89. The van der Waals surface area contributed by atoms with Crippen molar-refractivity contribution in [2.24, 2.45) is 0 Å². The topological polar surface area (TPSA) is 55.1 Å². The molecule has 0 aliphatic carbocycles. The lowest BCUT2D eigenvalue weighted by atomic mass is 10.0. The molecule has 100 valence electrons. The van der Waals surface area contributed by atoms with Gasteiger partial charge in [-0.15, -0.1) is 0 Å². The molecule has 0 unspecified atom stereocenters. The van der Waals surface area contributed by atoms with Crippen molar-refractivity contribution in [3.8, 4) is 0 Å². The number of nitrogens with zero attached hydrogens (tertiary/aromatic N) is 1. The number of carbonyl (C=O) groups is 1. The Morgan fingerprint density at radius 1 is 1.32 bits per heavy atom. The Kier molecular flexibility index (Phi) is 4.72. The number of aryl methyl sites for hydroxylation is 2. The van der Waals surface area contributed by atoms with Gasteiger partial charge in [0.05, 0.1) is 5.69 Å². The summed E-state index contributed by atoms with van der Waals surface area (Å²) in [5.41, 5.74) is 3.33. The first-order valence-corrected chi connectivity index (χ1v) is 6.44. The maximum Gasteiger partial charge on any atom is 0.220 e. The number of oxazole rings is 1. The van der Waals surface area contributed by atoms with E-state index >= 15 is 0 Å². The van der Waals surface area contributed by atoms with Crippen molar-refractivity contribution >= 4 is 5.91 Å². The van der Waals surface area contributed by atoms with Gasteiger partial charge in [0.1, 0.15) is 6.26 Å². The Hall–Kier alpha value is -2.10. The van der Waals surface area contributed by atoms with Crippen molar-refractivity contribution in [1.82, 2.24) is 10.3 Å². The smallest absolute Gasteiger partial charge is 0.220 e. The molecule has 0 bridgehead atoms. The molecular weight excluding hydrogens is 240 g/mol. The monoisotopic (exact) mass is 258 g/mol. The van der Waals surface area contributed by atoms with Gasteiger partial charge in [-0.1, -0.05) is 24.3 Å². The summed E-state index contributed by atoms with van der Waals surface area (Å²) in [5.74, 6) is 0.0757. The van der Waals surface area contributed by atoms with E-state index in [2.05, 4.69) is 29.4 Å². The van der Waals surface area contributed by atoms with Gasteiger partial charge >= 0.3 is 0 Å². The van der Waals surface area contributed by atoms with Gasteiger partial charge in [-0.2, -0.15) is 0 Å². The summed E-state index contributed by atoms with van der Waals surface area (Å²) in [6, 6.07) is 8.15. The molecule has 1 aromatic heterocycles. The van der Waals surface area contributed by atoms with Crippen LogP contribution in [0.1, 0.15) is 23.2 Å². The first-order chi connectivity index (χ1) is 9.25. The van der Waals surface area contributed by atoms with Crippen molar-refractivity contribution < 1.29 is 9.21 Å². The summed E-state index contributed by atoms with van der Waals surface area (Å²) in [6.45, 7) is 2.66. The zero-order valence-corrected chi connectivity index (χ0v) is 11.1. The standard InChI is InChI=1S/C15H18N2O2/c1-12-4-2-3-5-13(12)6-7-15(18)16-9-8-14-10-19-11-17-14/h2-5,10-11H,6-9H2,1H3,(H,16,18). The van der Waals surface area contributed by atoms with E-state index < -0.39 is 0 Å². The SMILES string of the molecule is Cc1ccccc1CCC(=O)NCCc1cocn1. The molecule has 0 fully saturated rings. The Labute approximate surface area is 112 Å². The van der Waals surface area contributed by atoms with Crippen LogP contribution in [0.2, 0.25) is 0 Å². The van der Waals surface area contributed by atoms with Crippen LogP contribution in [-0.4, -0.2) is 17.4 Å². The van der Waals surface area contributed by atoms with Crippen LogP contribution in [-0.2, 0) is 17.6 Å². The van der Waals surface area contributed by atoms with Crippen LogP contribution in [0.3, 0.4) is 0 Å². The molecule has 0 saturated carbocycles. The van der Waals surface area contributed by atoms with Gasteiger partial charge in [0.2, 0.25) is 5.91 Å². The van der Waals surface area contributed by atoms with E-state index in [4.69, 9.17) is 4.42 Å². The van der Waals surface area contributed by atoms with Crippen LogP contribution in [0.15, 0.2) is 41.3 Å². The molecule has 0 spiro atoms. The summed E-state index contributed by atoms with van der Waals surface area (Å²) < 4.78 is 4.87. The molecule has 0 aliphatic rings. The number of benzene rings is 1. The van der Waals surface area contributed by atoms with Crippen LogP contribution in [0.4, 0.5) is 0 Å². The molecule has 4 heteroatoms. The molecule has 1 heterocycles. The Morgan fingerprint density at radius 3 is 2.89 bits per heavy atom. The maximum absolute atomic E-state index is 11.7. The number of rotatable bonds is 6. The Balaban J connectivity index is 1.69. The summed E-state index contributed by atoms with van der Waals surface area (Å²) in [7, 11) is 0. The predicted octanol–water partition coefficient (Wildman–Crippen LogP) is 2.27. The van der Waals surface area contributed by atoms with Gasteiger partial charge in [0.15, 0.2) is 6.39 Å². The molecule has 0 saturated heterocycles. The van der Waals surface area contributed by atoms with E-state index in [1.807, 2.05) is 12.1 Å². The molecular formula is C15H18N2O2. The molecule has 0 atom stereocenters. The van der Waals surface area contributed by atoms with Crippen molar-refractivity contribution in [2.45, 2.75) is 26.2 Å². The minimum absolute atomic E-state index is 0.0757. The van der Waals surface area contributed by atoms with Gasteiger partial charge in [0.25, 0.3) is 0 Å². The summed E-state index contributed by atoms with van der Waals surface area (Å²) in [4.78, 5) is 15.7. The van der Waals surface area contributed by atoms with Crippen molar-refractivity contribution in [3.05, 3.63) is 53.7 Å². The number of hydrogen-bond acceptors (Lipinski definition) is 3. The third-order valence-corrected chi connectivity index (χ3v) is 3.07. The third-order valence-electron chi connectivity index (χ3n) is 3.07. The highest BCUT2D eigenvalue weighted by atomic mass is 16.3. The second-order valence-electron chi connectivity index (χ2n) is 4.51.